The lowest BCUT2D eigenvalue weighted by Crippen LogP contribution is -2.41. The van der Waals surface area contributed by atoms with Crippen molar-refractivity contribution < 1.29 is 14.6 Å². The van der Waals surface area contributed by atoms with E-state index in [-0.39, 0.29) is 24.7 Å². The van der Waals surface area contributed by atoms with Gasteiger partial charge in [0.15, 0.2) is 0 Å². The molecule has 1 saturated carbocycles. The summed E-state index contributed by atoms with van der Waals surface area (Å²) in [5, 5.41) is 18.2. The summed E-state index contributed by atoms with van der Waals surface area (Å²) in [7, 11) is 0. The molecule has 3 aromatic rings. The molecule has 0 bridgehead atoms. The zero-order valence-electron chi connectivity index (χ0n) is 17.3. The summed E-state index contributed by atoms with van der Waals surface area (Å²) in [5.74, 6) is 0.349. The van der Waals surface area contributed by atoms with Crippen molar-refractivity contribution in [2.45, 2.75) is 31.4 Å². The van der Waals surface area contributed by atoms with E-state index >= 15 is 0 Å². The Hall–Kier alpha value is -3.01. The van der Waals surface area contributed by atoms with Gasteiger partial charge in [-0.15, -0.1) is 0 Å². The number of halogens is 1. The summed E-state index contributed by atoms with van der Waals surface area (Å²) in [4.78, 5) is 22.6. The molecule has 0 spiro atoms. The predicted molar refractivity (Wildman–Crippen MR) is 120 cm³/mol. The molecule has 2 fully saturated rings. The predicted octanol–water partition coefficient (Wildman–Crippen LogP) is 3.19. The third-order valence-electron chi connectivity index (χ3n) is 5.82. The third kappa shape index (κ3) is 4.19. The van der Waals surface area contributed by atoms with Crippen molar-refractivity contribution in [3.05, 3.63) is 47.9 Å². The van der Waals surface area contributed by atoms with Crippen LogP contribution in [-0.2, 0) is 9.53 Å². The lowest BCUT2D eigenvalue weighted by atomic mass is 10.2. The first kappa shape index (κ1) is 20.9. The molecule has 2 atom stereocenters. The van der Waals surface area contributed by atoms with Crippen LogP contribution in [0.4, 0.5) is 17.3 Å². The summed E-state index contributed by atoms with van der Waals surface area (Å²) < 4.78 is 6.98. The number of rotatable bonds is 5. The van der Waals surface area contributed by atoms with E-state index in [1.54, 1.807) is 22.0 Å². The summed E-state index contributed by atoms with van der Waals surface area (Å²) in [6, 6.07) is 7.47. The monoisotopic (exact) mass is 454 g/mol. The number of aromatic nitrogens is 4. The maximum Gasteiger partial charge on any atom is 0.253 e. The van der Waals surface area contributed by atoms with Gasteiger partial charge < -0.3 is 20.1 Å². The van der Waals surface area contributed by atoms with E-state index < -0.39 is 0 Å². The Balaban J connectivity index is 1.33. The van der Waals surface area contributed by atoms with Gasteiger partial charge in [-0.1, -0.05) is 11.6 Å². The van der Waals surface area contributed by atoms with Crippen LogP contribution < -0.4 is 10.2 Å². The van der Waals surface area contributed by atoms with Crippen molar-refractivity contribution in [2.24, 2.45) is 0 Å². The highest BCUT2D eigenvalue weighted by Crippen LogP contribution is 2.32. The Morgan fingerprint density at radius 3 is 2.78 bits per heavy atom. The Bertz CT molecular complexity index is 1120. The Morgan fingerprint density at radius 1 is 1.19 bits per heavy atom. The Morgan fingerprint density at radius 2 is 2.03 bits per heavy atom. The van der Waals surface area contributed by atoms with Crippen molar-refractivity contribution in [1.82, 2.24) is 19.7 Å². The average Bonchev–Trinajstić information content (AvgIpc) is 3.45. The smallest absolute Gasteiger partial charge is 0.253 e. The maximum absolute atomic E-state index is 12.0. The summed E-state index contributed by atoms with van der Waals surface area (Å²) in [5.41, 5.74) is 2.94. The van der Waals surface area contributed by atoms with Gasteiger partial charge in [0.25, 0.3) is 5.91 Å². The number of aliphatic hydroxyl groups excluding tert-OH is 1. The zero-order chi connectivity index (χ0) is 22.1. The maximum atomic E-state index is 12.0. The fourth-order valence-corrected chi connectivity index (χ4v) is 4.35. The number of nitrogens with zero attached hydrogens (tertiary/aromatic N) is 5. The van der Waals surface area contributed by atoms with Gasteiger partial charge in [-0.05, 0) is 43.5 Å². The molecule has 2 unspecified atom stereocenters. The van der Waals surface area contributed by atoms with Crippen LogP contribution in [-0.4, -0.2) is 56.6 Å². The molecule has 2 N–H and O–H groups in total. The molecule has 1 amide bonds. The molecule has 1 aliphatic heterocycles. The van der Waals surface area contributed by atoms with Crippen molar-refractivity contribution in [3.8, 4) is 11.3 Å². The van der Waals surface area contributed by atoms with Crippen LogP contribution in [0.1, 0.15) is 25.3 Å². The van der Waals surface area contributed by atoms with Gasteiger partial charge in [0.05, 0.1) is 41.9 Å². The van der Waals surface area contributed by atoms with E-state index in [1.165, 1.54) is 0 Å². The van der Waals surface area contributed by atoms with Crippen molar-refractivity contribution in [1.29, 1.82) is 0 Å². The molecule has 32 heavy (non-hydrogen) atoms. The molecule has 10 heteroatoms. The largest absolute Gasteiger partial charge is 0.391 e. The number of benzene rings is 1. The molecule has 2 aromatic heterocycles. The van der Waals surface area contributed by atoms with Gasteiger partial charge in [-0.3, -0.25) is 9.48 Å². The number of ether oxygens (including phenoxy) is 1. The van der Waals surface area contributed by atoms with Crippen molar-refractivity contribution in [2.75, 3.05) is 30.0 Å². The number of carbonyl (C=O) groups excluding carboxylic acids is 1. The molecular formula is C22H23ClN6O3. The van der Waals surface area contributed by atoms with Crippen LogP contribution in [0.5, 0.6) is 0 Å². The molecule has 1 saturated heterocycles. The number of amides is 1. The van der Waals surface area contributed by atoms with Gasteiger partial charge >= 0.3 is 0 Å². The van der Waals surface area contributed by atoms with Gasteiger partial charge in [0.2, 0.25) is 5.95 Å². The number of aliphatic hydroxyl groups is 1. The van der Waals surface area contributed by atoms with E-state index in [1.807, 2.05) is 30.5 Å². The minimum Gasteiger partial charge on any atom is -0.391 e. The van der Waals surface area contributed by atoms with Crippen LogP contribution in [0.25, 0.3) is 11.3 Å². The molecular weight excluding hydrogens is 432 g/mol. The van der Waals surface area contributed by atoms with Gasteiger partial charge in [0, 0.05) is 29.7 Å². The molecule has 2 aliphatic rings. The lowest BCUT2D eigenvalue weighted by Gasteiger charge is -2.26. The quantitative estimate of drug-likeness (QED) is 0.609. The molecule has 1 aromatic carbocycles. The number of hydrogen-bond acceptors (Lipinski definition) is 7. The molecule has 5 rings (SSSR count). The minimum atomic E-state index is -0.378. The molecule has 166 valence electrons. The van der Waals surface area contributed by atoms with Crippen LogP contribution in [0.15, 0.2) is 42.9 Å². The highest BCUT2D eigenvalue weighted by molar-refractivity contribution is 6.32. The first-order valence-electron chi connectivity index (χ1n) is 10.6. The standard InChI is InChI=1S/C22H23ClN6O3/c23-17-11-24-22(26-15-4-6-16(7-5-15)28-8-9-32-13-20(28)31)27-21(17)14-10-25-29(12-14)18-2-1-3-19(18)30/h4-7,10-12,18-19,30H,1-3,8-9,13H2,(H,24,26,27). The third-order valence-corrected chi connectivity index (χ3v) is 6.10. The number of morpholine rings is 1. The van der Waals surface area contributed by atoms with Crippen LogP contribution in [0.2, 0.25) is 5.02 Å². The van der Waals surface area contributed by atoms with E-state index in [2.05, 4.69) is 20.4 Å². The second-order valence-corrected chi connectivity index (χ2v) is 8.34. The Kier molecular flexibility index (Phi) is 5.77. The van der Waals surface area contributed by atoms with Crippen LogP contribution in [0, 0.1) is 0 Å². The first-order valence-corrected chi connectivity index (χ1v) is 11.0. The van der Waals surface area contributed by atoms with E-state index in [0.717, 1.165) is 36.2 Å². The van der Waals surface area contributed by atoms with E-state index in [0.29, 0.717) is 29.8 Å². The fraction of sp³-hybridized carbons (Fsp3) is 0.364. The number of carbonyl (C=O) groups is 1. The van der Waals surface area contributed by atoms with Gasteiger partial charge in [-0.2, -0.15) is 5.10 Å². The molecule has 0 radical (unpaired) electrons. The topological polar surface area (TPSA) is 105 Å². The van der Waals surface area contributed by atoms with Crippen LogP contribution in [0.3, 0.4) is 0 Å². The minimum absolute atomic E-state index is 0.0150. The fourth-order valence-electron chi connectivity index (χ4n) is 4.15. The van der Waals surface area contributed by atoms with Crippen molar-refractivity contribution >= 4 is 34.8 Å². The van der Waals surface area contributed by atoms with Crippen molar-refractivity contribution in [3.63, 3.8) is 0 Å². The average molecular weight is 455 g/mol. The number of nitrogens with one attached hydrogen (secondary N) is 1. The van der Waals surface area contributed by atoms with Gasteiger partial charge in [0.1, 0.15) is 6.61 Å². The van der Waals surface area contributed by atoms with E-state index in [9.17, 15) is 9.90 Å². The molecule has 1 aliphatic carbocycles. The highest BCUT2D eigenvalue weighted by Gasteiger charge is 2.27. The van der Waals surface area contributed by atoms with Crippen LogP contribution >= 0.6 is 11.6 Å². The Labute approximate surface area is 190 Å². The summed E-state index contributed by atoms with van der Waals surface area (Å²) in [6.45, 7) is 1.18. The second-order valence-electron chi connectivity index (χ2n) is 7.93. The summed E-state index contributed by atoms with van der Waals surface area (Å²) >= 11 is 6.36. The second kappa shape index (κ2) is 8.85. The first-order chi connectivity index (χ1) is 15.6. The molecule has 9 nitrogen and oxygen atoms in total. The SMILES string of the molecule is O=C1COCCN1c1ccc(Nc2ncc(Cl)c(-c3cnn(C4CCCC4O)c3)n2)cc1. The molecule has 3 heterocycles. The normalized spacial score (nSPS) is 21.2. The van der Waals surface area contributed by atoms with E-state index in [4.69, 9.17) is 16.3 Å². The highest BCUT2D eigenvalue weighted by atomic mass is 35.5. The summed E-state index contributed by atoms with van der Waals surface area (Å²) in [6.07, 6.45) is 7.43. The number of anilines is 3. The van der Waals surface area contributed by atoms with Gasteiger partial charge in [-0.25, -0.2) is 9.97 Å². The zero-order valence-corrected chi connectivity index (χ0v) is 18.1. The number of hydrogen-bond donors (Lipinski definition) is 2. The lowest BCUT2D eigenvalue weighted by molar-refractivity contribution is -0.125.